The highest BCUT2D eigenvalue weighted by Crippen LogP contribution is 2.40. The molecule has 2 atom stereocenters. The Morgan fingerprint density at radius 3 is 2.54 bits per heavy atom. The number of halogens is 3. The van der Waals surface area contributed by atoms with Crippen molar-refractivity contribution in [1.82, 2.24) is 10.6 Å². The molecule has 2 aliphatic rings. The van der Waals surface area contributed by atoms with Gasteiger partial charge < -0.3 is 20.5 Å². The highest BCUT2D eigenvalue weighted by atomic mass is 19.4. The maximum atomic E-state index is 13.6. The van der Waals surface area contributed by atoms with Crippen molar-refractivity contribution >= 4 is 5.97 Å². The third-order valence-corrected chi connectivity index (χ3v) is 7.22. The van der Waals surface area contributed by atoms with Gasteiger partial charge in [0.2, 0.25) is 0 Å². The quantitative estimate of drug-likeness (QED) is 0.478. The van der Waals surface area contributed by atoms with Crippen LogP contribution in [0.5, 0.6) is 5.75 Å². The second kappa shape index (κ2) is 11.0. The zero-order valence-corrected chi connectivity index (χ0v) is 19.9. The van der Waals surface area contributed by atoms with Crippen molar-refractivity contribution in [3.05, 3.63) is 64.7 Å². The van der Waals surface area contributed by atoms with E-state index in [2.05, 4.69) is 34.9 Å². The smallest absolute Gasteiger partial charge is 0.416 e. The van der Waals surface area contributed by atoms with Gasteiger partial charge in [0, 0.05) is 19.5 Å². The van der Waals surface area contributed by atoms with E-state index in [0.29, 0.717) is 30.4 Å². The molecule has 0 radical (unpaired) electrons. The average molecular weight is 491 g/mol. The van der Waals surface area contributed by atoms with Crippen LogP contribution in [0.15, 0.2) is 42.5 Å². The third kappa shape index (κ3) is 6.55. The third-order valence-electron chi connectivity index (χ3n) is 7.22. The van der Waals surface area contributed by atoms with Crippen molar-refractivity contribution in [2.45, 2.75) is 69.3 Å². The van der Waals surface area contributed by atoms with Gasteiger partial charge >= 0.3 is 12.1 Å². The Labute approximate surface area is 204 Å². The first kappa shape index (κ1) is 25.5. The summed E-state index contributed by atoms with van der Waals surface area (Å²) in [6, 6.07) is 11.7. The molecule has 0 unspecified atom stereocenters. The zero-order valence-electron chi connectivity index (χ0n) is 19.9. The van der Waals surface area contributed by atoms with Gasteiger partial charge in [-0.3, -0.25) is 4.79 Å². The number of hydrogen-bond donors (Lipinski definition) is 3. The van der Waals surface area contributed by atoms with Crippen LogP contribution in [0.4, 0.5) is 13.2 Å². The molecule has 0 aromatic heterocycles. The predicted octanol–water partition coefficient (Wildman–Crippen LogP) is 5.14. The van der Waals surface area contributed by atoms with E-state index >= 15 is 0 Å². The zero-order chi connectivity index (χ0) is 25.0. The van der Waals surface area contributed by atoms with Gasteiger partial charge in [0.25, 0.3) is 0 Å². The molecule has 0 amide bonds. The van der Waals surface area contributed by atoms with E-state index < -0.39 is 29.9 Å². The standard InChI is InChI=1S/C27H33F3N2O3/c1-31-15-20-4-2-3-5-24(20)19-8-6-17(7-9-19)10-18-11-21(27(28,29)30)13-22(12-18)35-23-14-25(26(33)34)32-16-23/h2-5,11-13,17,19,23,25,31-32H,6-10,14-16H2,1H3,(H,33,34)/t17?,19?,23-,25-/m0/s1. The fraction of sp³-hybridized carbons (Fsp3) is 0.519. The Bertz CT molecular complexity index is 1020. The summed E-state index contributed by atoms with van der Waals surface area (Å²) in [5, 5.41) is 15.2. The summed E-state index contributed by atoms with van der Waals surface area (Å²) < 4.78 is 46.6. The molecule has 5 nitrogen and oxygen atoms in total. The van der Waals surface area contributed by atoms with Gasteiger partial charge in [-0.25, -0.2) is 0 Å². The summed E-state index contributed by atoms with van der Waals surface area (Å²) in [7, 11) is 1.94. The van der Waals surface area contributed by atoms with Crippen LogP contribution in [-0.4, -0.2) is 36.8 Å². The lowest BCUT2D eigenvalue weighted by molar-refractivity contribution is -0.139. The normalized spacial score (nSPS) is 24.9. The maximum absolute atomic E-state index is 13.6. The van der Waals surface area contributed by atoms with Gasteiger partial charge in [-0.1, -0.05) is 24.3 Å². The van der Waals surface area contributed by atoms with Crippen molar-refractivity contribution in [2.75, 3.05) is 13.6 Å². The van der Waals surface area contributed by atoms with Crippen LogP contribution in [0.25, 0.3) is 0 Å². The van der Waals surface area contributed by atoms with Crippen LogP contribution < -0.4 is 15.4 Å². The van der Waals surface area contributed by atoms with Crippen LogP contribution in [-0.2, 0) is 23.9 Å². The van der Waals surface area contributed by atoms with Crippen LogP contribution in [0, 0.1) is 5.92 Å². The molecule has 2 fully saturated rings. The predicted molar refractivity (Wildman–Crippen MR) is 128 cm³/mol. The molecule has 0 spiro atoms. The van der Waals surface area contributed by atoms with Crippen molar-refractivity contribution in [2.24, 2.45) is 5.92 Å². The van der Waals surface area contributed by atoms with Crippen LogP contribution in [0.2, 0.25) is 0 Å². The number of ether oxygens (including phenoxy) is 1. The average Bonchev–Trinajstić information content (AvgIpc) is 3.28. The second-order valence-electron chi connectivity index (χ2n) is 9.79. The number of benzene rings is 2. The summed E-state index contributed by atoms with van der Waals surface area (Å²) in [5.41, 5.74) is 2.58. The molecule has 8 heteroatoms. The van der Waals surface area contributed by atoms with Crippen molar-refractivity contribution < 1.29 is 27.8 Å². The molecule has 3 N–H and O–H groups in total. The lowest BCUT2D eigenvalue weighted by Gasteiger charge is -2.30. The number of aliphatic carboxylic acids is 1. The SMILES string of the molecule is CNCc1ccccc1C1CCC(Cc2cc(O[C@@H]3CN[C@H](C(=O)O)C3)cc(C(F)(F)F)c2)CC1. The molecule has 1 saturated heterocycles. The first-order valence-electron chi connectivity index (χ1n) is 12.3. The van der Waals surface area contributed by atoms with Crippen molar-refractivity contribution in [1.29, 1.82) is 0 Å². The summed E-state index contributed by atoms with van der Waals surface area (Å²) in [4.78, 5) is 11.2. The Hall–Kier alpha value is -2.58. The molecule has 1 aliphatic carbocycles. The van der Waals surface area contributed by atoms with Crippen LogP contribution >= 0.6 is 0 Å². The van der Waals surface area contributed by atoms with E-state index in [1.54, 1.807) is 6.07 Å². The lowest BCUT2D eigenvalue weighted by atomic mass is 9.75. The molecule has 190 valence electrons. The number of nitrogens with one attached hydrogen (secondary N) is 2. The molecule has 0 bridgehead atoms. The maximum Gasteiger partial charge on any atom is 0.416 e. The Balaban J connectivity index is 1.42. The highest BCUT2D eigenvalue weighted by Gasteiger charge is 2.34. The molecule has 1 heterocycles. The fourth-order valence-corrected chi connectivity index (χ4v) is 5.48. The van der Waals surface area contributed by atoms with Crippen LogP contribution in [0.3, 0.4) is 0 Å². The largest absolute Gasteiger partial charge is 0.489 e. The fourth-order valence-electron chi connectivity index (χ4n) is 5.48. The van der Waals surface area contributed by atoms with E-state index in [1.165, 1.54) is 17.2 Å². The van der Waals surface area contributed by atoms with Gasteiger partial charge in [-0.05, 0) is 85.9 Å². The number of hydrogen-bond acceptors (Lipinski definition) is 4. The van der Waals surface area contributed by atoms with E-state index in [9.17, 15) is 18.0 Å². The minimum Gasteiger partial charge on any atom is -0.489 e. The van der Waals surface area contributed by atoms with Gasteiger partial charge in [-0.15, -0.1) is 0 Å². The highest BCUT2D eigenvalue weighted by molar-refractivity contribution is 5.73. The Kier molecular flexibility index (Phi) is 8.02. The van der Waals surface area contributed by atoms with Crippen molar-refractivity contribution in [3.63, 3.8) is 0 Å². The molecule has 2 aromatic carbocycles. The molecular weight excluding hydrogens is 457 g/mol. The molecule has 2 aromatic rings. The van der Waals surface area contributed by atoms with Crippen molar-refractivity contribution in [3.8, 4) is 5.75 Å². The molecule has 1 saturated carbocycles. The topological polar surface area (TPSA) is 70.6 Å². The number of carboxylic acid groups (broad SMARTS) is 1. The number of rotatable bonds is 8. The molecule has 4 rings (SSSR count). The van der Waals surface area contributed by atoms with Gasteiger partial charge in [0.05, 0.1) is 5.56 Å². The van der Waals surface area contributed by atoms with Gasteiger partial charge in [-0.2, -0.15) is 13.2 Å². The molecular formula is C27H33F3N2O3. The van der Waals surface area contributed by atoms with Crippen LogP contribution in [0.1, 0.15) is 60.3 Å². The first-order valence-corrected chi connectivity index (χ1v) is 12.3. The minimum atomic E-state index is -4.47. The second-order valence-corrected chi connectivity index (χ2v) is 9.79. The monoisotopic (exact) mass is 490 g/mol. The summed E-state index contributed by atoms with van der Waals surface area (Å²) in [6.07, 6.45) is -0.154. The van der Waals surface area contributed by atoms with E-state index in [0.717, 1.165) is 38.3 Å². The molecule has 35 heavy (non-hydrogen) atoms. The van der Waals surface area contributed by atoms with E-state index in [4.69, 9.17) is 9.84 Å². The lowest BCUT2D eigenvalue weighted by Crippen LogP contribution is -2.30. The number of carboxylic acids is 1. The minimum absolute atomic E-state index is 0.155. The first-order chi connectivity index (χ1) is 16.7. The van der Waals surface area contributed by atoms with Gasteiger partial charge in [0.1, 0.15) is 17.9 Å². The van der Waals surface area contributed by atoms with E-state index in [1.807, 2.05) is 7.05 Å². The van der Waals surface area contributed by atoms with E-state index in [-0.39, 0.29) is 12.2 Å². The molecule has 1 aliphatic heterocycles. The number of alkyl halides is 3. The summed E-state index contributed by atoms with van der Waals surface area (Å²) >= 11 is 0. The summed E-state index contributed by atoms with van der Waals surface area (Å²) in [5.74, 6) is -0.0239. The Morgan fingerprint density at radius 1 is 1.14 bits per heavy atom. The van der Waals surface area contributed by atoms with Gasteiger partial charge in [0.15, 0.2) is 0 Å². The number of carbonyl (C=O) groups is 1. The Morgan fingerprint density at radius 2 is 1.89 bits per heavy atom. The summed E-state index contributed by atoms with van der Waals surface area (Å²) in [6.45, 7) is 1.12.